The maximum atomic E-state index is 10.5. The Balaban J connectivity index is 1.93. The Morgan fingerprint density at radius 1 is 1.22 bits per heavy atom. The van der Waals surface area contributed by atoms with Gasteiger partial charge in [0, 0.05) is 14.2 Å². The van der Waals surface area contributed by atoms with Crippen LogP contribution in [-0.4, -0.2) is 68.8 Å². The number of likely N-dealkylation sites (N-methyl/N-ethyl adjacent to an activating group) is 1. The molecule has 0 aromatic carbocycles. The van der Waals surface area contributed by atoms with Crippen molar-refractivity contribution in [3.05, 3.63) is 0 Å². The van der Waals surface area contributed by atoms with Crippen molar-refractivity contribution in [1.82, 2.24) is 4.90 Å². The second kappa shape index (κ2) is 6.30. The quantitative estimate of drug-likeness (QED) is 0.681. The van der Waals surface area contributed by atoms with Crippen LogP contribution in [0.1, 0.15) is 19.3 Å². The van der Waals surface area contributed by atoms with E-state index in [2.05, 4.69) is 17.3 Å². The molecule has 1 heterocycles. The maximum Gasteiger partial charge on any atom is 0.169 e. The van der Waals surface area contributed by atoms with E-state index in [4.69, 9.17) is 9.47 Å². The van der Waals surface area contributed by atoms with Crippen LogP contribution in [0.4, 0.5) is 0 Å². The number of aliphatic hydroxyl groups is 1. The largest absolute Gasteiger partial charge is 0.385 e. The molecule has 2 fully saturated rings. The smallest absolute Gasteiger partial charge is 0.169 e. The third kappa shape index (κ3) is 2.86. The topological polar surface area (TPSA) is 58.5 Å². The van der Waals surface area contributed by atoms with Gasteiger partial charge in [0.2, 0.25) is 0 Å². The number of methoxy groups -OCH3 is 2. The van der Waals surface area contributed by atoms with Gasteiger partial charge in [-0.15, -0.1) is 0 Å². The standard InChI is InChI=1S/C13H26N2O3/c1-15-7-6-14-13(15)12(16)9-4-5-10(17-2)11(8-9)18-3/h9-14,16H,4-8H2,1-3H3/p+1. The van der Waals surface area contributed by atoms with Crippen LogP contribution >= 0.6 is 0 Å². The molecule has 0 spiro atoms. The zero-order chi connectivity index (χ0) is 13.1. The molecule has 0 aromatic rings. The van der Waals surface area contributed by atoms with Crippen LogP contribution in [0.15, 0.2) is 0 Å². The van der Waals surface area contributed by atoms with Crippen LogP contribution < -0.4 is 5.32 Å². The average Bonchev–Trinajstić information content (AvgIpc) is 2.83. The van der Waals surface area contributed by atoms with E-state index in [-0.39, 0.29) is 24.5 Å². The highest BCUT2D eigenvalue weighted by molar-refractivity contribution is 4.87. The molecule has 5 atom stereocenters. The minimum Gasteiger partial charge on any atom is -0.385 e. The van der Waals surface area contributed by atoms with Crippen molar-refractivity contribution < 1.29 is 19.9 Å². The van der Waals surface area contributed by atoms with Gasteiger partial charge in [0.05, 0.1) is 25.3 Å². The second-order valence-electron chi connectivity index (χ2n) is 5.61. The van der Waals surface area contributed by atoms with Crippen molar-refractivity contribution in [3.8, 4) is 0 Å². The normalized spacial score (nSPS) is 40.0. The van der Waals surface area contributed by atoms with E-state index in [0.29, 0.717) is 5.92 Å². The highest BCUT2D eigenvalue weighted by atomic mass is 16.5. The van der Waals surface area contributed by atoms with Gasteiger partial charge in [-0.3, -0.25) is 0 Å². The molecule has 106 valence electrons. The van der Waals surface area contributed by atoms with Gasteiger partial charge in [-0.2, -0.15) is 0 Å². The van der Waals surface area contributed by atoms with Gasteiger partial charge >= 0.3 is 0 Å². The van der Waals surface area contributed by atoms with E-state index in [0.717, 1.165) is 32.4 Å². The Kier molecular flexibility index (Phi) is 4.98. The number of hydrogen-bond acceptors (Lipinski definition) is 4. The van der Waals surface area contributed by atoms with Crippen LogP contribution in [0.5, 0.6) is 0 Å². The molecule has 5 heteroatoms. The molecule has 1 aliphatic heterocycles. The summed E-state index contributed by atoms with van der Waals surface area (Å²) in [6.07, 6.45) is 3.15. The molecule has 0 amide bonds. The zero-order valence-electron chi connectivity index (χ0n) is 11.7. The molecule has 1 aliphatic carbocycles. The third-order valence-corrected chi connectivity index (χ3v) is 4.61. The summed E-state index contributed by atoms with van der Waals surface area (Å²) in [7, 11) is 5.57. The number of nitrogens with two attached hydrogens (primary N) is 1. The Labute approximate surface area is 109 Å². The van der Waals surface area contributed by atoms with Crippen LogP contribution in [0.25, 0.3) is 0 Å². The minimum atomic E-state index is -0.270. The third-order valence-electron chi connectivity index (χ3n) is 4.61. The maximum absolute atomic E-state index is 10.5. The van der Waals surface area contributed by atoms with E-state index < -0.39 is 0 Å². The predicted molar refractivity (Wildman–Crippen MR) is 68.2 cm³/mol. The van der Waals surface area contributed by atoms with Gasteiger partial charge in [0.25, 0.3) is 0 Å². The van der Waals surface area contributed by atoms with E-state index in [1.165, 1.54) is 0 Å². The first-order chi connectivity index (χ1) is 8.67. The van der Waals surface area contributed by atoms with Gasteiger partial charge in [-0.1, -0.05) is 0 Å². The summed E-state index contributed by atoms with van der Waals surface area (Å²) in [4.78, 5) is 2.24. The Morgan fingerprint density at radius 2 is 1.94 bits per heavy atom. The highest BCUT2D eigenvalue weighted by Gasteiger charge is 2.41. The number of nitrogens with zero attached hydrogens (tertiary/aromatic N) is 1. The SMILES string of the molecule is COC1CCC(C(O)C2[NH2+]CCN2C)CC1OC. The number of aliphatic hydroxyl groups excluding tert-OH is 1. The number of ether oxygens (including phenoxy) is 2. The van der Waals surface area contributed by atoms with Gasteiger partial charge in [0.15, 0.2) is 6.17 Å². The van der Waals surface area contributed by atoms with Gasteiger partial charge < -0.3 is 19.9 Å². The number of quaternary nitrogens is 1. The Hall–Kier alpha value is -0.200. The molecule has 2 aliphatic rings. The summed E-state index contributed by atoms with van der Waals surface area (Å²) >= 11 is 0. The first kappa shape index (κ1) is 14.2. The fourth-order valence-electron chi connectivity index (χ4n) is 3.42. The van der Waals surface area contributed by atoms with Crippen LogP contribution in [0.2, 0.25) is 0 Å². The fourth-order valence-corrected chi connectivity index (χ4v) is 3.42. The van der Waals surface area contributed by atoms with E-state index in [1.54, 1.807) is 14.2 Å². The lowest BCUT2D eigenvalue weighted by atomic mass is 9.81. The first-order valence-electron chi connectivity index (χ1n) is 6.94. The van der Waals surface area contributed by atoms with Gasteiger partial charge in [0.1, 0.15) is 6.10 Å². The molecule has 0 bridgehead atoms. The van der Waals surface area contributed by atoms with Gasteiger partial charge in [-0.05, 0) is 32.2 Å². The monoisotopic (exact) mass is 259 g/mol. The van der Waals surface area contributed by atoms with E-state index >= 15 is 0 Å². The predicted octanol–water partition coefficient (Wildman–Crippen LogP) is -0.988. The summed E-state index contributed by atoms with van der Waals surface area (Å²) < 4.78 is 10.9. The summed E-state index contributed by atoms with van der Waals surface area (Å²) in [5, 5.41) is 12.8. The van der Waals surface area contributed by atoms with Crippen molar-refractivity contribution in [1.29, 1.82) is 0 Å². The molecule has 1 saturated carbocycles. The molecule has 3 N–H and O–H groups in total. The van der Waals surface area contributed by atoms with Crippen molar-refractivity contribution in [2.75, 3.05) is 34.4 Å². The summed E-state index contributed by atoms with van der Waals surface area (Å²) in [6.45, 7) is 2.14. The molecule has 5 nitrogen and oxygen atoms in total. The Morgan fingerprint density at radius 3 is 2.50 bits per heavy atom. The second-order valence-corrected chi connectivity index (χ2v) is 5.61. The van der Waals surface area contributed by atoms with Crippen LogP contribution in [0, 0.1) is 5.92 Å². The van der Waals surface area contributed by atoms with Crippen molar-refractivity contribution in [2.24, 2.45) is 5.92 Å². The zero-order valence-corrected chi connectivity index (χ0v) is 11.7. The molecular weight excluding hydrogens is 232 g/mol. The fraction of sp³-hybridized carbons (Fsp3) is 1.00. The van der Waals surface area contributed by atoms with E-state index in [9.17, 15) is 5.11 Å². The van der Waals surface area contributed by atoms with Crippen molar-refractivity contribution in [2.45, 2.75) is 43.7 Å². The molecule has 2 rings (SSSR count). The molecule has 0 radical (unpaired) electrons. The molecule has 1 saturated heterocycles. The first-order valence-corrected chi connectivity index (χ1v) is 6.94. The highest BCUT2D eigenvalue weighted by Crippen LogP contribution is 2.31. The summed E-state index contributed by atoms with van der Waals surface area (Å²) in [6, 6.07) is 0. The Bertz CT molecular complexity index is 265. The number of rotatable bonds is 4. The van der Waals surface area contributed by atoms with Crippen molar-refractivity contribution in [3.63, 3.8) is 0 Å². The number of hydrogen-bond donors (Lipinski definition) is 2. The lowest BCUT2D eigenvalue weighted by Crippen LogP contribution is -2.91. The summed E-state index contributed by atoms with van der Waals surface area (Å²) in [5.41, 5.74) is 0. The molecule has 5 unspecified atom stereocenters. The van der Waals surface area contributed by atoms with Crippen LogP contribution in [-0.2, 0) is 9.47 Å². The van der Waals surface area contributed by atoms with Crippen LogP contribution in [0.3, 0.4) is 0 Å². The lowest BCUT2D eigenvalue weighted by molar-refractivity contribution is -0.688. The average molecular weight is 259 g/mol. The molecule has 0 aromatic heterocycles. The summed E-state index contributed by atoms with van der Waals surface area (Å²) in [5.74, 6) is 0.322. The lowest BCUT2D eigenvalue weighted by Gasteiger charge is -2.37. The minimum absolute atomic E-state index is 0.120. The van der Waals surface area contributed by atoms with Crippen molar-refractivity contribution >= 4 is 0 Å². The molecule has 18 heavy (non-hydrogen) atoms. The van der Waals surface area contributed by atoms with E-state index in [1.807, 2.05) is 0 Å². The van der Waals surface area contributed by atoms with Gasteiger partial charge in [-0.25, -0.2) is 4.90 Å². The molecular formula is C13H27N2O3+.